The summed E-state index contributed by atoms with van der Waals surface area (Å²) in [5.41, 5.74) is 0.826. The Morgan fingerprint density at radius 1 is 1.12 bits per heavy atom. The molecule has 1 aliphatic heterocycles. The maximum absolute atomic E-state index is 13.8. The molecule has 7 heteroatoms. The summed E-state index contributed by atoms with van der Waals surface area (Å²) >= 11 is 3.38. The molecule has 0 fully saturated rings. The molecule has 1 aromatic carbocycles. The van der Waals surface area contributed by atoms with E-state index >= 15 is 0 Å². The summed E-state index contributed by atoms with van der Waals surface area (Å²) in [6, 6.07) is 9.69. The Labute approximate surface area is 157 Å². The van der Waals surface area contributed by atoms with E-state index in [1.165, 1.54) is 16.5 Å². The number of hydrogen-bond donors (Lipinski definition) is 1. The van der Waals surface area contributed by atoms with Crippen molar-refractivity contribution in [3.8, 4) is 0 Å². The van der Waals surface area contributed by atoms with Gasteiger partial charge in [0.05, 0.1) is 12.6 Å². The molecule has 3 heterocycles. The highest BCUT2D eigenvalue weighted by molar-refractivity contribution is 7.10. The van der Waals surface area contributed by atoms with Crippen LogP contribution in [0.2, 0.25) is 0 Å². The zero-order chi connectivity index (χ0) is 18.1. The molecule has 0 saturated carbocycles. The van der Waals surface area contributed by atoms with Crippen LogP contribution in [0.4, 0.5) is 14.5 Å². The lowest BCUT2D eigenvalue weighted by molar-refractivity contribution is -0.117. The first-order valence-corrected chi connectivity index (χ1v) is 9.97. The quantitative estimate of drug-likeness (QED) is 0.702. The van der Waals surface area contributed by atoms with E-state index in [9.17, 15) is 13.6 Å². The van der Waals surface area contributed by atoms with Gasteiger partial charge in [-0.05, 0) is 47.0 Å². The van der Waals surface area contributed by atoms with Crippen molar-refractivity contribution in [1.82, 2.24) is 4.90 Å². The second-order valence-electron chi connectivity index (χ2n) is 6.08. The highest BCUT2D eigenvalue weighted by Crippen LogP contribution is 2.39. The number of benzene rings is 1. The fourth-order valence-electron chi connectivity index (χ4n) is 3.30. The molecule has 0 aliphatic carbocycles. The average Bonchev–Trinajstić information content (AvgIpc) is 3.29. The Hall–Kier alpha value is -2.09. The standard InChI is InChI=1S/C19H16F2N2OS2/c20-13-3-1-4-14(21)18(13)22-17(24)11-23-8-6-15-12(7-10-26-15)19(23)16-5-2-9-25-16/h1-5,7,9-10,19H,6,8,11H2,(H,22,24)/t19-/m1/s1. The number of hydrogen-bond acceptors (Lipinski definition) is 4. The van der Waals surface area contributed by atoms with Crippen LogP contribution in [-0.4, -0.2) is 23.9 Å². The SMILES string of the molecule is O=C(CN1CCc2sccc2[C@@H]1c1cccs1)Nc1c(F)cccc1F. The zero-order valence-electron chi connectivity index (χ0n) is 13.7. The Balaban J connectivity index is 1.56. The van der Waals surface area contributed by atoms with Gasteiger partial charge in [-0.25, -0.2) is 8.78 Å². The molecule has 26 heavy (non-hydrogen) atoms. The number of carbonyl (C=O) groups is 1. The number of rotatable bonds is 4. The molecular weight excluding hydrogens is 374 g/mol. The second-order valence-corrected chi connectivity index (χ2v) is 8.06. The molecule has 0 saturated heterocycles. The Morgan fingerprint density at radius 3 is 2.65 bits per heavy atom. The smallest absolute Gasteiger partial charge is 0.238 e. The lowest BCUT2D eigenvalue weighted by Gasteiger charge is -2.34. The summed E-state index contributed by atoms with van der Waals surface area (Å²) in [6.45, 7) is 0.800. The highest BCUT2D eigenvalue weighted by Gasteiger charge is 2.31. The second kappa shape index (κ2) is 7.26. The van der Waals surface area contributed by atoms with E-state index in [2.05, 4.69) is 27.7 Å². The minimum absolute atomic E-state index is 0.00113. The van der Waals surface area contributed by atoms with Gasteiger partial charge in [-0.3, -0.25) is 9.69 Å². The van der Waals surface area contributed by atoms with Gasteiger partial charge < -0.3 is 5.32 Å². The van der Waals surface area contributed by atoms with Crippen molar-refractivity contribution in [3.05, 3.63) is 74.1 Å². The summed E-state index contributed by atoms with van der Waals surface area (Å²) in [5, 5.41) is 6.47. The van der Waals surface area contributed by atoms with Crippen molar-refractivity contribution in [3.63, 3.8) is 0 Å². The van der Waals surface area contributed by atoms with E-state index in [4.69, 9.17) is 0 Å². The van der Waals surface area contributed by atoms with Crippen LogP contribution in [0.1, 0.15) is 21.4 Å². The molecule has 3 nitrogen and oxygen atoms in total. The van der Waals surface area contributed by atoms with E-state index in [0.717, 1.165) is 30.0 Å². The molecule has 0 bridgehead atoms. The van der Waals surface area contributed by atoms with Crippen molar-refractivity contribution in [2.45, 2.75) is 12.5 Å². The fraction of sp³-hybridized carbons (Fsp3) is 0.211. The summed E-state index contributed by atoms with van der Waals surface area (Å²) in [4.78, 5) is 17.0. The first kappa shape index (κ1) is 17.3. The van der Waals surface area contributed by atoms with Crippen LogP contribution in [0, 0.1) is 11.6 Å². The predicted molar refractivity (Wildman–Crippen MR) is 101 cm³/mol. The molecule has 1 amide bonds. The van der Waals surface area contributed by atoms with Crippen LogP contribution < -0.4 is 5.32 Å². The fourth-order valence-corrected chi connectivity index (χ4v) is 5.08. The minimum atomic E-state index is -0.771. The molecule has 0 radical (unpaired) electrons. The largest absolute Gasteiger partial charge is 0.320 e. The predicted octanol–water partition coefficient (Wildman–Crippen LogP) is 4.67. The van der Waals surface area contributed by atoms with E-state index in [1.807, 2.05) is 11.4 Å². The van der Waals surface area contributed by atoms with Gasteiger partial charge in [-0.15, -0.1) is 22.7 Å². The van der Waals surface area contributed by atoms with E-state index < -0.39 is 23.2 Å². The maximum atomic E-state index is 13.8. The molecule has 2 aromatic heterocycles. The average molecular weight is 390 g/mol. The molecule has 1 aliphatic rings. The summed E-state index contributed by atoms with van der Waals surface area (Å²) < 4.78 is 27.6. The van der Waals surface area contributed by atoms with Gasteiger partial charge in [0.1, 0.15) is 17.3 Å². The summed E-state index contributed by atoms with van der Waals surface area (Å²) in [6.07, 6.45) is 0.871. The first-order chi connectivity index (χ1) is 12.6. The number of amides is 1. The van der Waals surface area contributed by atoms with Gasteiger partial charge in [-0.1, -0.05) is 12.1 Å². The monoisotopic (exact) mass is 390 g/mol. The molecule has 1 atom stereocenters. The maximum Gasteiger partial charge on any atom is 0.238 e. The van der Waals surface area contributed by atoms with Gasteiger partial charge in [0, 0.05) is 16.3 Å². The van der Waals surface area contributed by atoms with Crippen LogP contribution >= 0.6 is 22.7 Å². The van der Waals surface area contributed by atoms with Crippen LogP contribution in [0.25, 0.3) is 0 Å². The van der Waals surface area contributed by atoms with E-state index in [1.54, 1.807) is 22.7 Å². The molecule has 3 aromatic rings. The van der Waals surface area contributed by atoms with Gasteiger partial charge >= 0.3 is 0 Å². The Kier molecular flexibility index (Phi) is 4.84. The third kappa shape index (κ3) is 3.30. The zero-order valence-corrected chi connectivity index (χ0v) is 15.4. The van der Waals surface area contributed by atoms with Gasteiger partial charge in [0.2, 0.25) is 5.91 Å². The van der Waals surface area contributed by atoms with Crippen LogP contribution in [0.3, 0.4) is 0 Å². The molecule has 1 N–H and O–H groups in total. The minimum Gasteiger partial charge on any atom is -0.320 e. The molecule has 4 rings (SSSR count). The Bertz CT molecular complexity index is 903. The topological polar surface area (TPSA) is 32.3 Å². The molecular formula is C19H16F2N2OS2. The lowest BCUT2D eigenvalue weighted by atomic mass is 9.98. The van der Waals surface area contributed by atoms with E-state index in [-0.39, 0.29) is 12.6 Å². The highest BCUT2D eigenvalue weighted by atomic mass is 32.1. The molecule has 134 valence electrons. The number of anilines is 1. The number of halogens is 2. The number of para-hydroxylation sites is 1. The van der Waals surface area contributed by atoms with E-state index in [0.29, 0.717) is 0 Å². The van der Waals surface area contributed by atoms with Crippen LogP contribution in [-0.2, 0) is 11.2 Å². The van der Waals surface area contributed by atoms with Gasteiger partial charge in [-0.2, -0.15) is 0 Å². The number of carbonyl (C=O) groups excluding carboxylic acids is 1. The lowest BCUT2D eigenvalue weighted by Crippen LogP contribution is -2.40. The third-order valence-corrected chi connectivity index (χ3v) is 6.37. The van der Waals surface area contributed by atoms with Crippen LogP contribution in [0.15, 0.2) is 47.2 Å². The van der Waals surface area contributed by atoms with Gasteiger partial charge in [0.15, 0.2) is 0 Å². The van der Waals surface area contributed by atoms with Crippen molar-refractivity contribution < 1.29 is 13.6 Å². The number of nitrogens with one attached hydrogen (secondary N) is 1. The number of fused-ring (bicyclic) bond motifs is 1. The number of thiophene rings is 2. The summed E-state index contributed by atoms with van der Waals surface area (Å²) in [7, 11) is 0. The van der Waals surface area contributed by atoms with Crippen LogP contribution in [0.5, 0.6) is 0 Å². The molecule has 0 spiro atoms. The van der Waals surface area contributed by atoms with Crippen molar-refractivity contribution in [1.29, 1.82) is 0 Å². The Morgan fingerprint density at radius 2 is 1.92 bits per heavy atom. The van der Waals surface area contributed by atoms with Crippen molar-refractivity contribution >= 4 is 34.3 Å². The van der Waals surface area contributed by atoms with Gasteiger partial charge in [0.25, 0.3) is 0 Å². The normalized spacial score (nSPS) is 17.1. The molecule has 0 unspecified atom stereocenters. The number of nitrogens with zero attached hydrogens (tertiary/aromatic N) is 1. The van der Waals surface area contributed by atoms with Crippen molar-refractivity contribution in [2.24, 2.45) is 0 Å². The third-order valence-electron chi connectivity index (χ3n) is 4.45. The first-order valence-electron chi connectivity index (χ1n) is 8.21. The van der Waals surface area contributed by atoms with Crippen molar-refractivity contribution in [2.75, 3.05) is 18.4 Å². The summed E-state index contributed by atoms with van der Waals surface area (Å²) in [5.74, 6) is -1.96.